The van der Waals surface area contributed by atoms with Gasteiger partial charge in [-0.05, 0) is 62.3 Å². The number of rotatable bonds is 14. The topological polar surface area (TPSA) is 61.8 Å². The van der Waals surface area contributed by atoms with Crippen LogP contribution >= 0.6 is 0 Å². The van der Waals surface area contributed by atoms with E-state index in [1.165, 1.54) is 38.5 Å². The van der Waals surface area contributed by atoms with Crippen LogP contribution in [0.4, 0.5) is 0 Å². The molecule has 0 radical (unpaired) electrons. The van der Waals surface area contributed by atoms with E-state index in [4.69, 9.17) is 14.2 Å². The second kappa shape index (κ2) is 14.1. The Kier molecular flexibility index (Phi) is 11.5. The largest absolute Gasteiger partial charge is 0.493 e. The van der Waals surface area contributed by atoms with Crippen molar-refractivity contribution in [3.8, 4) is 5.75 Å². The van der Waals surface area contributed by atoms with Crippen LogP contribution in [0, 0.1) is 5.92 Å². The SMILES string of the molecule is CCCCCC[C@@H]1CC[C@@H](OC(=O)c2ccc(OCC(C)CCCCC)cc2)C(=O)O1. The van der Waals surface area contributed by atoms with E-state index in [1.807, 2.05) is 0 Å². The summed E-state index contributed by atoms with van der Waals surface area (Å²) in [5.74, 6) is 0.325. The molecule has 0 aliphatic carbocycles. The van der Waals surface area contributed by atoms with Gasteiger partial charge in [-0.3, -0.25) is 0 Å². The molecular weight excluding hydrogens is 392 g/mol. The van der Waals surface area contributed by atoms with Gasteiger partial charge in [-0.15, -0.1) is 0 Å². The highest BCUT2D eigenvalue weighted by molar-refractivity contribution is 5.91. The second-order valence-electron chi connectivity index (χ2n) is 8.82. The summed E-state index contributed by atoms with van der Waals surface area (Å²) in [6.45, 7) is 7.24. The number of benzene rings is 1. The lowest BCUT2D eigenvalue weighted by Gasteiger charge is -2.27. The molecule has 3 atom stereocenters. The highest BCUT2D eigenvalue weighted by atomic mass is 16.6. The first-order valence-corrected chi connectivity index (χ1v) is 12.2. The molecule has 0 bridgehead atoms. The summed E-state index contributed by atoms with van der Waals surface area (Å²) < 4.78 is 16.7. The Labute approximate surface area is 187 Å². The molecule has 5 nitrogen and oxygen atoms in total. The number of esters is 2. The van der Waals surface area contributed by atoms with Crippen molar-refractivity contribution in [1.29, 1.82) is 0 Å². The Bertz CT molecular complexity index is 654. The quantitative estimate of drug-likeness (QED) is 0.249. The van der Waals surface area contributed by atoms with Crippen molar-refractivity contribution in [2.75, 3.05) is 6.61 Å². The van der Waals surface area contributed by atoms with Gasteiger partial charge in [0.25, 0.3) is 0 Å². The predicted octanol–water partition coefficient (Wildman–Crippen LogP) is 6.48. The van der Waals surface area contributed by atoms with E-state index < -0.39 is 18.0 Å². The van der Waals surface area contributed by atoms with Crippen LogP contribution < -0.4 is 4.74 Å². The third-order valence-electron chi connectivity index (χ3n) is 5.85. The number of hydrogen-bond acceptors (Lipinski definition) is 5. The van der Waals surface area contributed by atoms with Crippen molar-refractivity contribution in [1.82, 2.24) is 0 Å². The van der Waals surface area contributed by atoms with E-state index in [1.54, 1.807) is 24.3 Å². The molecule has 1 fully saturated rings. The van der Waals surface area contributed by atoms with Crippen LogP contribution in [0.2, 0.25) is 0 Å². The Morgan fingerprint density at radius 1 is 1.03 bits per heavy atom. The summed E-state index contributed by atoms with van der Waals surface area (Å²) in [7, 11) is 0. The average molecular weight is 433 g/mol. The van der Waals surface area contributed by atoms with Crippen LogP contribution in [0.1, 0.15) is 102 Å². The maximum absolute atomic E-state index is 12.4. The van der Waals surface area contributed by atoms with Gasteiger partial charge in [0, 0.05) is 0 Å². The first kappa shape index (κ1) is 25.2. The molecule has 1 saturated heterocycles. The molecule has 1 heterocycles. The first-order valence-electron chi connectivity index (χ1n) is 12.2. The van der Waals surface area contributed by atoms with Crippen LogP contribution in [0.25, 0.3) is 0 Å². The number of hydrogen-bond donors (Lipinski definition) is 0. The van der Waals surface area contributed by atoms with Gasteiger partial charge in [0.2, 0.25) is 0 Å². The van der Waals surface area contributed by atoms with E-state index in [-0.39, 0.29) is 6.10 Å². The minimum Gasteiger partial charge on any atom is -0.493 e. The number of carbonyl (C=O) groups excluding carboxylic acids is 2. The molecule has 1 aliphatic heterocycles. The van der Waals surface area contributed by atoms with Gasteiger partial charge in [-0.1, -0.05) is 59.3 Å². The molecule has 0 saturated carbocycles. The fourth-order valence-electron chi connectivity index (χ4n) is 3.81. The zero-order valence-electron chi connectivity index (χ0n) is 19.6. The molecule has 1 aromatic rings. The van der Waals surface area contributed by atoms with Crippen LogP contribution in [0.3, 0.4) is 0 Å². The van der Waals surface area contributed by atoms with E-state index >= 15 is 0 Å². The van der Waals surface area contributed by atoms with Gasteiger partial charge in [0.15, 0.2) is 6.10 Å². The monoisotopic (exact) mass is 432 g/mol. The van der Waals surface area contributed by atoms with Gasteiger partial charge in [-0.25, -0.2) is 9.59 Å². The molecule has 0 amide bonds. The van der Waals surface area contributed by atoms with E-state index in [0.29, 0.717) is 24.5 Å². The van der Waals surface area contributed by atoms with Gasteiger partial charge in [0.1, 0.15) is 11.9 Å². The van der Waals surface area contributed by atoms with E-state index in [9.17, 15) is 9.59 Å². The van der Waals surface area contributed by atoms with Crippen molar-refractivity contribution in [3.05, 3.63) is 29.8 Å². The molecule has 174 valence electrons. The smallest absolute Gasteiger partial charge is 0.347 e. The lowest BCUT2D eigenvalue weighted by Crippen LogP contribution is -2.37. The molecule has 2 rings (SSSR count). The molecule has 1 aromatic carbocycles. The van der Waals surface area contributed by atoms with Gasteiger partial charge < -0.3 is 14.2 Å². The molecular formula is C26H40O5. The van der Waals surface area contributed by atoms with Crippen molar-refractivity contribution in [3.63, 3.8) is 0 Å². The molecule has 1 unspecified atom stereocenters. The Balaban J connectivity index is 1.73. The number of cyclic esters (lactones) is 1. The third kappa shape index (κ3) is 9.32. The molecule has 5 heteroatoms. The number of unbranched alkanes of at least 4 members (excludes halogenated alkanes) is 5. The summed E-state index contributed by atoms with van der Waals surface area (Å²) in [6, 6.07) is 6.93. The van der Waals surface area contributed by atoms with Gasteiger partial charge in [-0.2, -0.15) is 0 Å². The van der Waals surface area contributed by atoms with E-state index in [2.05, 4.69) is 20.8 Å². The normalized spacial score (nSPS) is 19.5. The highest BCUT2D eigenvalue weighted by Crippen LogP contribution is 2.23. The lowest BCUT2D eigenvalue weighted by atomic mass is 10.0. The Morgan fingerprint density at radius 2 is 1.74 bits per heavy atom. The summed E-state index contributed by atoms with van der Waals surface area (Å²) in [6.07, 6.45) is 10.8. The fourth-order valence-corrected chi connectivity index (χ4v) is 3.81. The van der Waals surface area contributed by atoms with Crippen LogP contribution in [0.15, 0.2) is 24.3 Å². The zero-order chi connectivity index (χ0) is 22.5. The average Bonchev–Trinajstić information content (AvgIpc) is 2.77. The third-order valence-corrected chi connectivity index (χ3v) is 5.85. The fraction of sp³-hybridized carbons (Fsp3) is 0.692. The molecule has 1 aliphatic rings. The van der Waals surface area contributed by atoms with E-state index in [0.717, 1.165) is 31.4 Å². The zero-order valence-corrected chi connectivity index (χ0v) is 19.6. The highest BCUT2D eigenvalue weighted by Gasteiger charge is 2.33. The number of ether oxygens (including phenoxy) is 3. The first-order chi connectivity index (χ1) is 15.0. The van der Waals surface area contributed by atoms with Crippen molar-refractivity contribution in [2.24, 2.45) is 5.92 Å². The maximum Gasteiger partial charge on any atom is 0.347 e. The van der Waals surface area contributed by atoms with Gasteiger partial charge in [0.05, 0.1) is 12.2 Å². The van der Waals surface area contributed by atoms with Crippen LogP contribution in [-0.2, 0) is 14.3 Å². The standard InChI is InChI=1S/C26H40O5/c1-4-6-8-10-12-23-17-18-24(26(28)30-23)31-25(27)21-13-15-22(16-14-21)29-19-20(3)11-9-7-5-2/h13-16,20,23-24H,4-12,17-19H2,1-3H3/t20?,23-,24-/m1/s1. The molecule has 0 spiro atoms. The second-order valence-corrected chi connectivity index (χ2v) is 8.82. The van der Waals surface area contributed by atoms with Crippen molar-refractivity contribution < 1.29 is 23.8 Å². The van der Waals surface area contributed by atoms with Crippen LogP contribution in [0.5, 0.6) is 5.75 Å². The summed E-state index contributed by atoms with van der Waals surface area (Å²) in [4.78, 5) is 24.7. The lowest BCUT2D eigenvalue weighted by molar-refractivity contribution is -0.167. The minimum absolute atomic E-state index is 0.0416. The molecule has 31 heavy (non-hydrogen) atoms. The Hall–Kier alpha value is -2.04. The molecule has 0 aromatic heterocycles. The predicted molar refractivity (Wildman–Crippen MR) is 122 cm³/mol. The summed E-state index contributed by atoms with van der Waals surface area (Å²) in [5, 5.41) is 0. The Morgan fingerprint density at radius 3 is 2.42 bits per heavy atom. The van der Waals surface area contributed by atoms with Crippen LogP contribution in [-0.4, -0.2) is 30.8 Å². The van der Waals surface area contributed by atoms with Crippen molar-refractivity contribution in [2.45, 2.75) is 104 Å². The molecule has 0 N–H and O–H groups in total. The maximum atomic E-state index is 12.4. The summed E-state index contributed by atoms with van der Waals surface area (Å²) >= 11 is 0. The summed E-state index contributed by atoms with van der Waals surface area (Å²) in [5.41, 5.74) is 0.415. The minimum atomic E-state index is -0.806. The number of carbonyl (C=O) groups is 2. The van der Waals surface area contributed by atoms with Crippen molar-refractivity contribution >= 4 is 11.9 Å². The van der Waals surface area contributed by atoms with Gasteiger partial charge >= 0.3 is 11.9 Å².